The van der Waals surface area contributed by atoms with Gasteiger partial charge in [0.05, 0.1) is 0 Å². The molecule has 1 rings (SSSR count). The summed E-state index contributed by atoms with van der Waals surface area (Å²) in [6.07, 6.45) is 0.764. The van der Waals surface area contributed by atoms with Crippen molar-refractivity contribution in [3.63, 3.8) is 0 Å². The van der Waals surface area contributed by atoms with Gasteiger partial charge in [-0.3, -0.25) is 5.26 Å². The minimum atomic E-state index is -0.625. The van der Waals surface area contributed by atoms with Gasteiger partial charge in [0.15, 0.2) is 0 Å². The molecule has 2 nitrogen and oxygen atoms in total. The Morgan fingerprint density at radius 2 is 1.60 bits per heavy atom. The Kier molecular flexibility index (Phi) is 3.53. The first-order valence-corrected chi connectivity index (χ1v) is 5.25. The predicted molar refractivity (Wildman–Crippen MR) is 61.6 cm³/mol. The maximum atomic E-state index is 9.10. The van der Waals surface area contributed by atoms with Gasteiger partial charge in [-0.15, -0.1) is 0 Å². The molecule has 1 unspecified atom stereocenters. The van der Waals surface area contributed by atoms with Gasteiger partial charge in [-0.1, -0.05) is 51.1 Å². The molecule has 2 heteroatoms. The molecule has 0 aliphatic rings. The monoisotopic (exact) mass is 208 g/mol. The molecule has 84 valence electrons. The topological polar surface area (TPSA) is 29.5 Å². The molecule has 0 bridgehead atoms. The second-order valence-corrected chi connectivity index (χ2v) is 5.43. The van der Waals surface area contributed by atoms with Gasteiger partial charge in [0.25, 0.3) is 0 Å². The normalized spacial score (nSPS) is 16.1. The van der Waals surface area contributed by atoms with Crippen molar-refractivity contribution >= 4 is 0 Å². The maximum absolute atomic E-state index is 9.10. The molecule has 0 fully saturated rings. The maximum Gasteiger partial charge on any atom is 0.126 e. The van der Waals surface area contributed by atoms with Gasteiger partial charge in [-0.2, -0.15) is 0 Å². The zero-order valence-electron chi connectivity index (χ0n) is 9.95. The second kappa shape index (κ2) is 4.33. The summed E-state index contributed by atoms with van der Waals surface area (Å²) in [7, 11) is 0. The Balaban J connectivity index is 2.96. The third-order valence-electron chi connectivity index (χ3n) is 2.45. The van der Waals surface area contributed by atoms with E-state index in [-0.39, 0.29) is 5.41 Å². The van der Waals surface area contributed by atoms with Crippen molar-refractivity contribution in [2.75, 3.05) is 0 Å². The molecule has 1 aromatic carbocycles. The summed E-state index contributed by atoms with van der Waals surface area (Å²) in [5.74, 6) is 0. The summed E-state index contributed by atoms with van der Waals surface area (Å²) in [4.78, 5) is 4.70. The van der Waals surface area contributed by atoms with Crippen LogP contribution in [0.25, 0.3) is 0 Å². The Labute approximate surface area is 91.8 Å². The van der Waals surface area contributed by atoms with Gasteiger partial charge in [0, 0.05) is 0 Å². The molecule has 0 saturated heterocycles. The molecule has 0 saturated carbocycles. The van der Waals surface area contributed by atoms with Gasteiger partial charge >= 0.3 is 0 Å². The highest BCUT2D eigenvalue weighted by Gasteiger charge is 2.33. The summed E-state index contributed by atoms with van der Waals surface area (Å²) >= 11 is 0. The van der Waals surface area contributed by atoms with Crippen molar-refractivity contribution in [1.82, 2.24) is 0 Å². The van der Waals surface area contributed by atoms with Crippen LogP contribution in [0.4, 0.5) is 0 Å². The van der Waals surface area contributed by atoms with Gasteiger partial charge in [-0.25, -0.2) is 4.89 Å². The molecular formula is C13H20O2. The van der Waals surface area contributed by atoms with Crippen LogP contribution in [0, 0.1) is 5.41 Å². The molecule has 1 aromatic rings. The van der Waals surface area contributed by atoms with Crippen LogP contribution in [0.2, 0.25) is 0 Å². The van der Waals surface area contributed by atoms with E-state index >= 15 is 0 Å². The van der Waals surface area contributed by atoms with E-state index in [0.717, 1.165) is 12.0 Å². The van der Waals surface area contributed by atoms with E-state index in [2.05, 4.69) is 20.8 Å². The molecule has 1 atom stereocenters. The first-order valence-electron chi connectivity index (χ1n) is 5.25. The summed E-state index contributed by atoms with van der Waals surface area (Å²) in [5.41, 5.74) is 0.481. The van der Waals surface area contributed by atoms with Crippen LogP contribution in [-0.2, 0) is 10.5 Å². The number of rotatable bonds is 3. The summed E-state index contributed by atoms with van der Waals surface area (Å²) in [6, 6.07) is 9.81. The Morgan fingerprint density at radius 3 is 2.00 bits per heavy atom. The lowest BCUT2D eigenvalue weighted by Gasteiger charge is -2.33. The minimum absolute atomic E-state index is 0.104. The fourth-order valence-electron chi connectivity index (χ4n) is 1.99. The van der Waals surface area contributed by atoms with Crippen LogP contribution in [-0.4, -0.2) is 5.26 Å². The molecule has 0 aromatic heterocycles. The van der Waals surface area contributed by atoms with E-state index in [1.54, 1.807) is 0 Å². The smallest absolute Gasteiger partial charge is 0.126 e. The Morgan fingerprint density at radius 1 is 1.07 bits per heavy atom. The first kappa shape index (κ1) is 12.2. The molecule has 0 radical (unpaired) electrons. The van der Waals surface area contributed by atoms with E-state index in [9.17, 15) is 0 Å². The molecule has 0 spiro atoms. The minimum Gasteiger partial charge on any atom is -0.251 e. The van der Waals surface area contributed by atoms with Crippen molar-refractivity contribution in [1.29, 1.82) is 0 Å². The summed E-state index contributed by atoms with van der Waals surface area (Å²) in [5, 5.41) is 9.10. The van der Waals surface area contributed by atoms with Crippen LogP contribution >= 0.6 is 0 Å². The zero-order chi connectivity index (χ0) is 11.5. The van der Waals surface area contributed by atoms with Crippen LogP contribution in [0.5, 0.6) is 0 Å². The van der Waals surface area contributed by atoms with Crippen molar-refractivity contribution in [3.8, 4) is 0 Å². The van der Waals surface area contributed by atoms with Crippen molar-refractivity contribution in [2.45, 2.75) is 39.7 Å². The summed E-state index contributed by atoms with van der Waals surface area (Å²) in [6.45, 7) is 8.31. The first-order chi connectivity index (χ1) is 6.87. The van der Waals surface area contributed by atoms with Gasteiger partial charge in [0.2, 0.25) is 0 Å². The van der Waals surface area contributed by atoms with Crippen molar-refractivity contribution in [3.05, 3.63) is 35.9 Å². The van der Waals surface area contributed by atoms with Crippen LogP contribution in [0.1, 0.15) is 39.7 Å². The molecule has 15 heavy (non-hydrogen) atoms. The molecule has 0 amide bonds. The van der Waals surface area contributed by atoms with Crippen molar-refractivity contribution in [2.24, 2.45) is 5.41 Å². The van der Waals surface area contributed by atoms with Crippen LogP contribution in [0.3, 0.4) is 0 Å². The predicted octanol–water partition coefficient (Wildman–Crippen LogP) is 3.83. The summed E-state index contributed by atoms with van der Waals surface area (Å²) < 4.78 is 0. The fraction of sp³-hybridized carbons (Fsp3) is 0.538. The average molecular weight is 208 g/mol. The number of benzene rings is 1. The SMILES string of the molecule is CC(C)(C)CC(C)(OO)c1ccccc1. The van der Waals surface area contributed by atoms with E-state index in [4.69, 9.17) is 10.1 Å². The molecular weight excluding hydrogens is 188 g/mol. The van der Waals surface area contributed by atoms with Gasteiger partial charge in [0.1, 0.15) is 5.60 Å². The quantitative estimate of drug-likeness (QED) is 0.604. The van der Waals surface area contributed by atoms with Gasteiger partial charge < -0.3 is 0 Å². The number of hydrogen-bond donors (Lipinski definition) is 1. The van der Waals surface area contributed by atoms with Gasteiger partial charge in [-0.05, 0) is 24.3 Å². The molecule has 0 aliphatic heterocycles. The fourth-order valence-corrected chi connectivity index (χ4v) is 1.99. The Bertz CT molecular complexity index is 300. The van der Waals surface area contributed by atoms with E-state index in [1.807, 2.05) is 37.3 Å². The molecule has 0 heterocycles. The largest absolute Gasteiger partial charge is 0.251 e. The third-order valence-corrected chi connectivity index (χ3v) is 2.45. The highest BCUT2D eigenvalue weighted by molar-refractivity contribution is 5.21. The lowest BCUT2D eigenvalue weighted by atomic mass is 9.79. The lowest BCUT2D eigenvalue weighted by Crippen LogP contribution is -2.30. The highest BCUT2D eigenvalue weighted by Crippen LogP contribution is 2.36. The standard InChI is InChI=1S/C13H20O2/c1-12(2,3)10-13(4,15-14)11-8-6-5-7-9-11/h5-9,14H,10H2,1-4H3. The van der Waals surface area contributed by atoms with E-state index in [0.29, 0.717) is 0 Å². The Hall–Kier alpha value is -0.860. The van der Waals surface area contributed by atoms with Crippen LogP contribution < -0.4 is 0 Å². The second-order valence-electron chi connectivity index (χ2n) is 5.43. The van der Waals surface area contributed by atoms with Crippen LogP contribution in [0.15, 0.2) is 30.3 Å². The highest BCUT2D eigenvalue weighted by atomic mass is 17.1. The zero-order valence-corrected chi connectivity index (χ0v) is 9.95. The van der Waals surface area contributed by atoms with E-state index < -0.39 is 5.60 Å². The third kappa shape index (κ3) is 3.33. The number of hydrogen-bond acceptors (Lipinski definition) is 2. The lowest BCUT2D eigenvalue weighted by molar-refractivity contribution is -0.330. The molecule has 1 N–H and O–H groups in total. The molecule has 0 aliphatic carbocycles. The van der Waals surface area contributed by atoms with Crippen molar-refractivity contribution < 1.29 is 10.1 Å². The van der Waals surface area contributed by atoms with E-state index in [1.165, 1.54) is 0 Å². The average Bonchev–Trinajstić information content (AvgIpc) is 2.16.